The van der Waals surface area contributed by atoms with E-state index in [-0.39, 0.29) is 18.3 Å². The van der Waals surface area contributed by atoms with Gasteiger partial charge in [-0.3, -0.25) is 14.4 Å². The van der Waals surface area contributed by atoms with E-state index < -0.39 is 16.1 Å². The van der Waals surface area contributed by atoms with Crippen LogP contribution in [-0.4, -0.2) is 53.0 Å². The van der Waals surface area contributed by atoms with Gasteiger partial charge in [0.25, 0.3) is 5.91 Å². The summed E-state index contributed by atoms with van der Waals surface area (Å²) in [5.74, 6) is -0.217. The lowest BCUT2D eigenvalue weighted by Gasteiger charge is -2.17. The number of ether oxygens (including phenoxy) is 2. The third-order valence-corrected chi connectivity index (χ3v) is 6.27. The zero-order chi connectivity index (χ0) is 21.6. The lowest BCUT2D eigenvalue weighted by molar-refractivity contribution is 0.102. The third kappa shape index (κ3) is 5.49. The summed E-state index contributed by atoms with van der Waals surface area (Å²) in [6.45, 7) is 0.876. The largest absolute Gasteiger partial charge is 0.447 e. The molecule has 2 N–H and O–H groups in total. The summed E-state index contributed by atoms with van der Waals surface area (Å²) in [6, 6.07) is 13.0. The van der Waals surface area contributed by atoms with Crippen molar-refractivity contribution in [1.29, 1.82) is 0 Å². The lowest BCUT2D eigenvalue weighted by atomic mass is 10.2. The van der Waals surface area contributed by atoms with Gasteiger partial charge in [0.15, 0.2) is 0 Å². The van der Waals surface area contributed by atoms with Crippen LogP contribution in [0.3, 0.4) is 0 Å². The minimum Gasteiger partial charge on any atom is -0.447 e. The zero-order valence-corrected chi connectivity index (χ0v) is 17.3. The molecule has 1 aliphatic rings. The van der Waals surface area contributed by atoms with Crippen LogP contribution in [-0.2, 0) is 19.5 Å². The molecular formula is C20H23N3O6S. The standard InChI is InChI=1S/C20H23N3O6S/c1-28-11-12-29-20(25)22-17-5-2-4-16(14-17)21-19(24)15-6-8-18(9-7-15)23-10-3-13-30(23,26)27/h2,4-9,14H,3,10-13H2,1H3,(H,21,24)(H,22,25). The summed E-state index contributed by atoms with van der Waals surface area (Å²) in [5, 5.41) is 5.32. The molecule has 0 aromatic heterocycles. The summed E-state index contributed by atoms with van der Waals surface area (Å²) < 4.78 is 35.1. The summed E-state index contributed by atoms with van der Waals surface area (Å²) in [4.78, 5) is 24.2. The van der Waals surface area contributed by atoms with Crippen LogP contribution in [0.25, 0.3) is 0 Å². The van der Waals surface area contributed by atoms with Crippen molar-refractivity contribution in [2.45, 2.75) is 6.42 Å². The molecule has 0 saturated carbocycles. The topological polar surface area (TPSA) is 114 Å². The second-order valence-electron chi connectivity index (χ2n) is 6.58. The van der Waals surface area contributed by atoms with Crippen molar-refractivity contribution in [3.8, 4) is 0 Å². The number of methoxy groups -OCH3 is 1. The number of sulfonamides is 1. The molecular weight excluding hydrogens is 410 g/mol. The van der Waals surface area contributed by atoms with Crippen LogP contribution in [0.4, 0.5) is 21.9 Å². The quantitative estimate of drug-likeness (QED) is 0.649. The molecule has 1 saturated heterocycles. The van der Waals surface area contributed by atoms with Crippen molar-refractivity contribution < 1.29 is 27.5 Å². The highest BCUT2D eigenvalue weighted by Crippen LogP contribution is 2.24. The number of carbonyl (C=O) groups is 2. The van der Waals surface area contributed by atoms with Crippen LogP contribution in [0.1, 0.15) is 16.8 Å². The molecule has 10 heteroatoms. The fraction of sp³-hybridized carbons (Fsp3) is 0.300. The van der Waals surface area contributed by atoms with E-state index in [4.69, 9.17) is 9.47 Å². The van der Waals surface area contributed by atoms with Crippen molar-refractivity contribution in [2.75, 3.05) is 47.6 Å². The highest BCUT2D eigenvalue weighted by molar-refractivity contribution is 7.93. The summed E-state index contributed by atoms with van der Waals surface area (Å²) in [5.41, 5.74) is 1.88. The first-order chi connectivity index (χ1) is 14.4. The van der Waals surface area contributed by atoms with Crippen LogP contribution in [0.5, 0.6) is 0 Å². The molecule has 2 amide bonds. The van der Waals surface area contributed by atoms with Gasteiger partial charge in [0.2, 0.25) is 10.0 Å². The van der Waals surface area contributed by atoms with E-state index in [0.29, 0.717) is 42.2 Å². The summed E-state index contributed by atoms with van der Waals surface area (Å²) in [6.07, 6.45) is -0.0301. The Kier molecular flexibility index (Phi) is 6.91. The molecule has 1 aliphatic heterocycles. The molecule has 0 bridgehead atoms. The molecule has 0 aliphatic carbocycles. The Morgan fingerprint density at radius 1 is 1.03 bits per heavy atom. The van der Waals surface area contributed by atoms with Gasteiger partial charge in [-0.15, -0.1) is 0 Å². The number of rotatable bonds is 7. The van der Waals surface area contributed by atoms with Crippen LogP contribution >= 0.6 is 0 Å². The van der Waals surface area contributed by atoms with Gasteiger partial charge in [0.1, 0.15) is 6.61 Å². The van der Waals surface area contributed by atoms with E-state index in [1.807, 2.05) is 0 Å². The molecule has 1 fully saturated rings. The van der Waals surface area contributed by atoms with Gasteiger partial charge in [0.05, 0.1) is 18.0 Å². The average Bonchev–Trinajstić information content (AvgIpc) is 3.07. The third-order valence-electron chi connectivity index (χ3n) is 4.40. The second kappa shape index (κ2) is 9.59. The molecule has 9 nitrogen and oxygen atoms in total. The van der Waals surface area contributed by atoms with E-state index >= 15 is 0 Å². The Bertz CT molecular complexity index is 1010. The predicted octanol–water partition coefficient (Wildman–Crippen LogP) is 2.67. The van der Waals surface area contributed by atoms with E-state index in [9.17, 15) is 18.0 Å². The van der Waals surface area contributed by atoms with Crippen molar-refractivity contribution in [3.05, 3.63) is 54.1 Å². The number of hydrogen-bond donors (Lipinski definition) is 2. The van der Waals surface area contributed by atoms with Crippen LogP contribution in [0, 0.1) is 0 Å². The summed E-state index contributed by atoms with van der Waals surface area (Å²) >= 11 is 0. The molecule has 0 spiro atoms. The molecule has 2 aromatic carbocycles. The highest BCUT2D eigenvalue weighted by Gasteiger charge is 2.28. The Morgan fingerprint density at radius 3 is 2.37 bits per heavy atom. The zero-order valence-electron chi connectivity index (χ0n) is 16.5. The molecule has 30 heavy (non-hydrogen) atoms. The van der Waals surface area contributed by atoms with Crippen molar-refractivity contribution in [3.63, 3.8) is 0 Å². The fourth-order valence-electron chi connectivity index (χ4n) is 2.96. The second-order valence-corrected chi connectivity index (χ2v) is 8.59. The van der Waals surface area contributed by atoms with E-state index in [2.05, 4.69) is 10.6 Å². The molecule has 3 rings (SSSR count). The number of carbonyl (C=O) groups excluding carboxylic acids is 2. The fourth-order valence-corrected chi connectivity index (χ4v) is 4.52. The van der Waals surface area contributed by atoms with Gasteiger partial charge in [-0.1, -0.05) is 6.07 Å². The van der Waals surface area contributed by atoms with Crippen LogP contribution in [0.2, 0.25) is 0 Å². The Balaban J connectivity index is 1.61. The molecule has 1 heterocycles. The van der Waals surface area contributed by atoms with Crippen LogP contribution in [0.15, 0.2) is 48.5 Å². The normalized spacial score (nSPS) is 14.9. The first kappa shape index (κ1) is 21.6. The number of nitrogens with zero attached hydrogens (tertiary/aromatic N) is 1. The SMILES string of the molecule is COCCOC(=O)Nc1cccc(NC(=O)c2ccc(N3CCCS3(=O)=O)cc2)c1. The first-order valence-corrected chi connectivity index (χ1v) is 10.9. The monoisotopic (exact) mass is 433 g/mol. The van der Waals surface area contributed by atoms with E-state index in [1.54, 1.807) is 48.5 Å². The van der Waals surface area contributed by atoms with Crippen molar-refractivity contribution in [2.24, 2.45) is 0 Å². The Hall–Kier alpha value is -3.11. The highest BCUT2D eigenvalue weighted by atomic mass is 32.2. The van der Waals surface area contributed by atoms with E-state index in [1.165, 1.54) is 11.4 Å². The average molecular weight is 433 g/mol. The van der Waals surface area contributed by atoms with Gasteiger partial charge in [-0.05, 0) is 48.9 Å². The lowest BCUT2D eigenvalue weighted by Crippen LogP contribution is -2.25. The molecule has 0 atom stereocenters. The van der Waals surface area contributed by atoms with Gasteiger partial charge in [-0.2, -0.15) is 0 Å². The number of amides is 2. The molecule has 0 radical (unpaired) electrons. The Morgan fingerprint density at radius 2 is 1.73 bits per heavy atom. The maximum Gasteiger partial charge on any atom is 0.411 e. The Labute approximate surface area is 175 Å². The smallest absolute Gasteiger partial charge is 0.411 e. The van der Waals surface area contributed by atoms with Gasteiger partial charge in [0, 0.05) is 30.6 Å². The van der Waals surface area contributed by atoms with Crippen molar-refractivity contribution >= 4 is 39.1 Å². The summed E-state index contributed by atoms with van der Waals surface area (Å²) in [7, 11) is -1.75. The van der Waals surface area contributed by atoms with Crippen molar-refractivity contribution in [1.82, 2.24) is 0 Å². The van der Waals surface area contributed by atoms with Gasteiger partial charge >= 0.3 is 6.09 Å². The number of anilines is 3. The predicted molar refractivity (Wildman–Crippen MR) is 113 cm³/mol. The first-order valence-electron chi connectivity index (χ1n) is 9.34. The van der Waals surface area contributed by atoms with Gasteiger partial charge in [-0.25, -0.2) is 13.2 Å². The number of hydrogen-bond acceptors (Lipinski definition) is 6. The van der Waals surface area contributed by atoms with Gasteiger partial charge < -0.3 is 14.8 Å². The number of nitrogens with one attached hydrogen (secondary N) is 2. The van der Waals surface area contributed by atoms with Crippen LogP contribution < -0.4 is 14.9 Å². The van der Waals surface area contributed by atoms with E-state index in [0.717, 1.165) is 0 Å². The minimum atomic E-state index is -3.26. The number of benzene rings is 2. The minimum absolute atomic E-state index is 0.132. The molecule has 2 aromatic rings. The molecule has 0 unspecified atom stereocenters. The molecule has 160 valence electrons. The maximum absolute atomic E-state index is 12.5. The maximum atomic E-state index is 12.5.